The quantitative estimate of drug-likeness (QED) is 0.638. The van der Waals surface area contributed by atoms with Crippen molar-refractivity contribution in [3.63, 3.8) is 0 Å². The van der Waals surface area contributed by atoms with Gasteiger partial charge in [0.25, 0.3) is 0 Å². The third-order valence-corrected chi connectivity index (χ3v) is 3.15. The molecule has 0 aliphatic carbocycles. The maximum absolute atomic E-state index is 6.22. The molecule has 0 saturated heterocycles. The number of hydrogen-bond acceptors (Lipinski definition) is 4. The SMILES string of the molecule is CCNCC(OCCOCCOC)c1ccccc1Cl. The molecule has 1 aromatic rings. The lowest BCUT2D eigenvalue weighted by atomic mass is 10.1. The van der Waals surface area contributed by atoms with Crippen LogP contribution >= 0.6 is 11.6 Å². The standard InChI is InChI=1S/C15H24ClNO3/c1-3-17-12-15(13-6-4-5-7-14(13)16)20-11-10-19-9-8-18-2/h4-7,15,17H,3,8-12H2,1-2H3. The molecule has 0 aliphatic rings. The summed E-state index contributed by atoms with van der Waals surface area (Å²) in [5.41, 5.74) is 1.01. The molecule has 0 fully saturated rings. The summed E-state index contributed by atoms with van der Waals surface area (Å²) in [6, 6.07) is 7.77. The number of ether oxygens (including phenoxy) is 3. The summed E-state index contributed by atoms with van der Waals surface area (Å²) in [7, 11) is 1.66. The molecule has 0 radical (unpaired) electrons. The van der Waals surface area contributed by atoms with Crippen molar-refractivity contribution in [1.82, 2.24) is 5.32 Å². The third-order valence-electron chi connectivity index (χ3n) is 2.81. The average Bonchev–Trinajstić information content (AvgIpc) is 2.47. The van der Waals surface area contributed by atoms with Crippen LogP contribution in [0.2, 0.25) is 5.02 Å². The number of nitrogens with one attached hydrogen (secondary N) is 1. The first-order chi connectivity index (χ1) is 9.79. The first-order valence-electron chi connectivity index (χ1n) is 6.93. The van der Waals surface area contributed by atoms with Crippen LogP contribution in [-0.2, 0) is 14.2 Å². The largest absolute Gasteiger partial charge is 0.382 e. The van der Waals surface area contributed by atoms with Crippen LogP contribution in [0.5, 0.6) is 0 Å². The van der Waals surface area contributed by atoms with Crippen LogP contribution in [0.3, 0.4) is 0 Å². The molecular formula is C15H24ClNO3. The summed E-state index contributed by atoms with van der Waals surface area (Å²) >= 11 is 6.22. The number of hydrogen-bond donors (Lipinski definition) is 1. The minimum absolute atomic E-state index is 0.0605. The summed E-state index contributed by atoms with van der Waals surface area (Å²) < 4.78 is 16.2. The van der Waals surface area contributed by atoms with Crippen LogP contribution in [0, 0.1) is 0 Å². The van der Waals surface area contributed by atoms with E-state index in [4.69, 9.17) is 25.8 Å². The number of benzene rings is 1. The third kappa shape index (κ3) is 6.68. The Hall–Kier alpha value is -0.650. The van der Waals surface area contributed by atoms with Gasteiger partial charge in [0.2, 0.25) is 0 Å². The Balaban J connectivity index is 2.42. The van der Waals surface area contributed by atoms with Crippen LogP contribution in [-0.4, -0.2) is 46.6 Å². The lowest BCUT2D eigenvalue weighted by Crippen LogP contribution is -2.24. The molecule has 0 bridgehead atoms. The van der Waals surface area contributed by atoms with E-state index in [2.05, 4.69) is 12.2 Å². The highest BCUT2D eigenvalue weighted by molar-refractivity contribution is 6.31. The topological polar surface area (TPSA) is 39.7 Å². The Morgan fingerprint density at radius 2 is 1.90 bits per heavy atom. The van der Waals surface area contributed by atoms with Crippen molar-refractivity contribution in [1.29, 1.82) is 0 Å². The molecule has 0 aromatic heterocycles. The fourth-order valence-corrected chi connectivity index (χ4v) is 2.02. The van der Waals surface area contributed by atoms with Crippen molar-refractivity contribution in [2.75, 3.05) is 46.6 Å². The maximum Gasteiger partial charge on any atom is 0.0964 e. The van der Waals surface area contributed by atoms with Crippen molar-refractivity contribution in [2.24, 2.45) is 0 Å². The van der Waals surface area contributed by atoms with E-state index in [-0.39, 0.29) is 6.10 Å². The van der Waals surface area contributed by atoms with E-state index in [0.29, 0.717) is 26.4 Å². The molecule has 1 N–H and O–H groups in total. The lowest BCUT2D eigenvalue weighted by Gasteiger charge is -2.20. The van der Waals surface area contributed by atoms with Gasteiger partial charge in [-0.25, -0.2) is 0 Å². The summed E-state index contributed by atoms with van der Waals surface area (Å²) in [5, 5.41) is 4.02. The van der Waals surface area contributed by atoms with Crippen molar-refractivity contribution in [3.05, 3.63) is 34.9 Å². The smallest absolute Gasteiger partial charge is 0.0964 e. The van der Waals surface area contributed by atoms with Gasteiger partial charge in [-0.1, -0.05) is 36.7 Å². The maximum atomic E-state index is 6.22. The van der Waals surface area contributed by atoms with Gasteiger partial charge >= 0.3 is 0 Å². The minimum atomic E-state index is -0.0605. The predicted molar refractivity (Wildman–Crippen MR) is 81.4 cm³/mol. The molecule has 0 aliphatic heterocycles. The number of methoxy groups -OCH3 is 1. The summed E-state index contributed by atoms with van der Waals surface area (Å²) in [6.07, 6.45) is -0.0605. The van der Waals surface area contributed by atoms with E-state index in [1.54, 1.807) is 7.11 Å². The van der Waals surface area contributed by atoms with Gasteiger partial charge in [-0.05, 0) is 12.6 Å². The number of likely N-dealkylation sites (N-methyl/N-ethyl adjacent to an activating group) is 1. The lowest BCUT2D eigenvalue weighted by molar-refractivity contribution is -0.00667. The van der Waals surface area contributed by atoms with Crippen molar-refractivity contribution < 1.29 is 14.2 Å². The van der Waals surface area contributed by atoms with Gasteiger partial charge in [-0.2, -0.15) is 0 Å². The van der Waals surface area contributed by atoms with Crippen molar-refractivity contribution >= 4 is 11.6 Å². The molecule has 1 unspecified atom stereocenters. The Kier molecular flexibility index (Phi) is 9.62. The fraction of sp³-hybridized carbons (Fsp3) is 0.600. The predicted octanol–water partition coefficient (Wildman–Crippen LogP) is 2.67. The minimum Gasteiger partial charge on any atom is -0.382 e. The highest BCUT2D eigenvalue weighted by atomic mass is 35.5. The van der Waals surface area contributed by atoms with Gasteiger partial charge in [-0.3, -0.25) is 0 Å². The first kappa shape index (κ1) is 17.4. The molecule has 1 aromatic carbocycles. The summed E-state index contributed by atoms with van der Waals surface area (Å²) in [6.45, 7) is 5.97. The zero-order valence-corrected chi connectivity index (χ0v) is 13.0. The van der Waals surface area contributed by atoms with E-state index >= 15 is 0 Å². The summed E-state index contributed by atoms with van der Waals surface area (Å²) in [4.78, 5) is 0. The molecule has 5 heteroatoms. The van der Waals surface area contributed by atoms with Gasteiger partial charge in [0.1, 0.15) is 0 Å². The highest BCUT2D eigenvalue weighted by Crippen LogP contribution is 2.24. The Bertz CT molecular complexity index is 363. The van der Waals surface area contributed by atoms with Gasteiger partial charge < -0.3 is 19.5 Å². The van der Waals surface area contributed by atoms with Gasteiger partial charge in [0, 0.05) is 24.2 Å². The van der Waals surface area contributed by atoms with Gasteiger partial charge in [0.15, 0.2) is 0 Å². The molecule has 4 nitrogen and oxygen atoms in total. The van der Waals surface area contributed by atoms with E-state index in [9.17, 15) is 0 Å². The first-order valence-corrected chi connectivity index (χ1v) is 7.30. The van der Waals surface area contributed by atoms with Crippen LogP contribution < -0.4 is 5.32 Å². The van der Waals surface area contributed by atoms with Crippen LogP contribution in [0.4, 0.5) is 0 Å². The Labute approximate surface area is 126 Å². The molecular weight excluding hydrogens is 278 g/mol. The van der Waals surface area contributed by atoms with E-state index in [1.807, 2.05) is 24.3 Å². The Morgan fingerprint density at radius 1 is 1.15 bits per heavy atom. The van der Waals surface area contributed by atoms with Crippen LogP contribution in [0.15, 0.2) is 24.3 Å². The van der Waals surface area contributed by atoms with Crippen LogP contribution in [0.25, 0.3) is 0 Å². The molecule has 0 spiro atoms. The van der Waals surface area contributed by atoms with E-state index in [1.165, 1.54) is 0 Å². The normalized spacial score (nSPS) is 12.6. The summed E-state index contributed by atoms with van der Waals surface area (Å²) in [5.74, 6) is 0. The monoisotopic (exact) mass is 301 g/mol. The second-order valence-electron chi connectivity index (χ2n) is 4.29. The Morgan fingerprint density at radius 3 is 2.60 bits per heavy atom. The molecule has 0 heterocycles. The highest BCUT2D eigenvalue weighted by Gasteiger charge is 2.14. The second kappa shape index (κ2) is 11.1. The molecule has 1 rings (SSSR count). The number of rotatable bonds is 11. The van der Waals surface area contributed by atoms with E-state index < -0.39 is 0 Å². The molecule has 0 saturated carbocycles. The van der Waals surface area contributed by atoms with Gasteiger partial charge in [-0.15, -0.1) is 0 Å². The molecule has 0 amide bonds. The molecule has 1 atom stereocenters. The number of halogens is 1. The van der Waals surface area contributed by atoms with Gasteiger partial charge in [0.05, 0.1) is 32.5 Å². The molecule has 114 valence electrons. The zero-order valence-electron chi connectivity index (χ0n) is 12.2. The van der Waals surface area contributed by atoms with Crippen LogP contribution in [0.1, 0.15) is 18.6 Å². The zero-order chi connectivity index (χ0) is 14.6. The van der Waals surface area contributed by atoms with Crippen molar-refractivity contribution in [2.45, 2.75) is 13.0 Å². The fourth-order valence-electron chi connectivity index (χ4n) is 1.76. The second-order valence-corrected chi connectivity index (χ2v) is 4.70. The van der Waals surface area contributed by atoms with Crippen molar-refractivity contribution in [3.8, 4) is 0 Å². The average molecular weight is 302 g/mol. The van der Waals surface area contributed by atoms with E-state index in [0.717, 1.165) is 23.7 Å². The molecule has 20 heavy (non-hydrogen) atoms.